The summed E-state index contributed by atoms with van der Waals surface area (Å²) in [5.41, 5.74) is 0. The van der Waals surface area contributed by atoms with Crippen molar-refractivity contribution >= 4 is 19.7 Å². The van der Waals surface area contributed by atoms with E-state index in [0.717, 1.165) is 31.3 Å². The summed E-state index contributed by atoms with van der Waals surface area (Å²) < 4.78 is 20.9. The maximum Gasteiger partial charge on any atom is 0.254 e. The van der Waals surface area contributed by atoms with Gasteiger partial charge in [0.05, 0.1) is 0 Å². The van der Waals surface area contributed by atoms with Crippen LogP contribution in [0.1, 0.15) is 12.8 Å². The molecule has 5 heteroatoms. The molecule has 1 heterocycles. The van der Waals surface area contributed by atoms with Gasteiger partial charge in [-0.3, -0.25) is 0 Å². The standard InChI is InChI=1S/C7H12ClNO2S/c8-12(10,11)5-1-2-7-3-4-9-6-7/h1,5,7,9H,2-4,6H2/b5-1-. The van der Waals surface area contributed by atoms with Gasteiger partial charge in [-0.25, -0.2) is 8.42 Å². The van der Waals surface area contributed by atoms with Crippen molar-refractivity contribution in [2.45, 2.75) is 12.8 Å². The zero-order valence-corrected chi connectivity index (χ0v) is 8.24. The summed E-state index contributed by atoms with van der Waals surface area (Å²) in [7, 11) is 1.54. The van der Waals surface area contributed by atoms with Gasteiger partial charge in [0.15, 0.2) is 0 Å². The van der Waals surface area contributed by atoms with E-state index in [1.807, 2.05) is 0 Å². The van der Waals surface area contributed by atoms with E-state index in [2.05, 4.69) is 5.32 Å². The summed E-state index contributed by atoms with van der Waals surface area (Å²) in [6.45, 7) is 2.01. The zero-order valence-electron chi connectivity index (χ0n) is 6.66. The Kier molecular flexibility index (Phi) is 3.55. The first kappa shape index (κ1) is 10.0. The number of hydrogen-bond acceptors (Lipinski definition) is 3. The summed E-state index contributed by atoms with van der Waals surface area (Å²) in [6.07, 6.45) is 3.53. The average Bonchev–Trinajstić information content (AvgIpc) is 2.36. The van der Waals surface area contributed by atoms with Crippen molar-refractivity contribution in [1.29, 1.82) is 0 Å². The molecule has 0 aliphatic carbocycles. The van der Waals surface area contributed by atoms with E-state index in [1.165, 1.54) is 0 Å². The second-order valence-corrected chi connectivity index (χ2v) is 5.46. The van der Waals surface area contributed by atoms with Crippen molar-refractivity contribution in [3.8, 4) is 0 Å². The van der Waals surface area contributed by atoms with Crippen LogP contribution in [0.4, 0.5) is 0 Å². The van der Waals surface area contributed by atoms with Crippen LogP contribution in [-0.4, -0.2) is 21.5 Å². The van der Waals surface area contributed by atoms with Gasteiger partial charge >= 0.3 is 0 Å². The molecule has 1 saturated heterocycles. The minimum absolute atomic E-state index is 0.569. The Morgan fingerprint density at radius 2 is 2.33 bits per heavy atom. The highest BCUT2D eigenvalue weighted by Crippen LogP contribution is 2.13. The Hall–Kier alpha value is -0.0600. The molecular weight excluding hydrogens is 198 g/mol. The molecule has 70 valence electrons. The molecule has 1 rings (SSSR count). The van der Waals surface area contributed by atoms with Gasteiger partial charge in [0.1, 0.15) is 0 Å². The van der Waals surface area contributed by atoms with Gasteiger partial charge in [-0.15, -0.1) is 0 Å². The molecule has 3 nitrogen and oxygen atoms in total. The lowest BCUT2D eigenvalue weighted by atomic mass is 10.1. The number of hydrogen-bond donors (Lipinski definition) is 1. The van der Waals surface area contributed by atoms with Crippen LogP contribution in [-0.2, 0) is 9.05 Å². The summed E-state index contributed by atoms with van der Waals surface area (Å²) in [4.78, 5) is 0. The van der Waals surface area contributed by atoms with Crippen LogP contribution in [0.15, 0.2) is 11.5 Å². The minimum Gasteiger partial charge on any atom is -0.316 e. The number of nitrogens with one attached hydrogen (secondary N) is 1. The smallest absolute Gasteiger partial charge is 0.254 e. The second kappa shape index (κ2) is 4.25. The highest BCUT2D eigenvalue weighted by Gasteiger charge is 2.12. The van der Waals surface area contributed by atoms with Gasteiger partial charge in [-0.2, -0.15) is 0 Å². The van der Waals surface area contributed by atoms with Crippen molar-refractivity contribution < 1.29 is 8.42 Å². The predicted molar refractivity (Wildman–Crippen MR) is 49.5 cm³/mol. The fraction of sp³-hybridized carbons (Fsp3) is 0.714. The topological polar surface area (TPSA) is 46.2 Å². The molecule has 0 radical (unpaired) electrons. The van der Waals surface area contributed by atoms with Crippen molar-refractivity contribution in [1.82, 2.24) is 5.32 Å². The second-order valence-electron chi connectivity index (χ2n) is 2.94. The Balaban J connectivity index is 2.29. The Labute approximate surface area is 77.2 Å². The molecule has 1 fully saturated rings. The molecule has 0 spiro atoms. The quantitative estimate of drug-likeness (QED) is 0.708. The Morgan fingerprint density at radius 1 is 1.58 bits per heavy atom. The molecule has 1 atom stereocenters. The normalized spacial score (nSPS) is 25.2. The van der Waals surface area contributed by atoms with Crippen molar-refractivity contribution in [3.05, 3.63) is 11.5 Å². The number of allylic oxidation sites excluding steroid dienone is 1. The zero-order chi connectivity index (χ0) is 9.03. The van der Waals surface area contributed by atoms with E-state index >= 15 is 0 Å². The fourth-order valence-corrected chi connectivity index (χ4v) is 1.84. The molecule has 0 aromatic carbocycles. The van der Waals surface area contributed by atoms with Crippen LogP contribution in [0.25, 0.3) is 0 Å². The van der Waals surface area contributed by atoms with Crippen LogP contribution in [0.5, 0.6) is 0 Å². The lowest BCUT2D eigenvalue weighted by Crippen LogP contribution is -2.08. The largest absolute Gasteiger partial charge is 0.316 e. The summed E-state index contributed by atoms with van der Waals surface area (Å²) >= 11 is 0. The van der Waals surface area contributed by atoms with Crippen LogP contribution >= 0.6 is 10.7 Å². The van der Waals surface area contributed by atoms with Crippen molar-refractivity contribution in [3.63, 3.8) is 0 Å². The van der Waals surface area contributed by atoms with E-state index in [-0.39, 0.29) is 0 Å². The van der Waals surface area contributed by atoms with Gasteiger partial charge in [-0.1, -0.05) is 6.08 Å². The van der Waals surface area contributed by atoms with E-state index < -0.39 is 9.05 Å². The van der Waals surface area contributed by atoms with Gasteiger partial charge in [0, 0.05) is 16.1 Å². The van der Waals surface area contributed by atoms with Gasteiger partial charge < -0.3 is 5.32 Å². The van der Waals surface area contributed by atoms with E-state index in [1.54, 1.807) is 6.08 Å². The summed E-state index contributed by atoms with van der Waals surface area (Å²) in [5.74, 6) is 0.569. The molecule has 0 aromatic rings. The molecule has 1 aliphatic heterocycles. The highest BCUT2D eigenvalue weighted by molar-refractivity contribution is 8.16. The Morgan fingerprint density at radius 3 is 2.83 bits per heavy atom. The molecule has 1 unspecified atom stereocenters. The molecular formula is C7H12ClNO2S. The van der Waals surface area contributed by atoms with E-state index in [4.69, 9.17) is 10.7 Å². The molecule has 0 bridgehead atoms. The SMILES string of the molecule is O=S(=O)(Cl)/C=C\CC1CCNC1. The molecule has 0 saturated carbocycles. The van der Waals surface area contributed by atoms with Crippen LogP contribution in [0.2, 0.25) is 0 Å². The Bertz CT molecular complexity index is 255. The number of halogens is 1. The van der Waals surface area contributed by atoms with Crippen LogP contribution in [0.3, 0.4) is 0 Å². The van der Waals surface area contributed by atoms with Gasteiger partial charge in [0.2, 0.25) is 0 Å². The highest BCUT2D eigenvalue weighted by atomic mass is 35.7. The maximum atomic E-state index is 10.5. The fourth-order valence-electron chi connectivity index (χ4n) is 1.28. The third-order valence-corrected chi connectivity index (χ3v) is 2.72. The average molecular weight is 210 g/mol. The first-order chi connectivity index (χ1) is 5.58. The van der Waals surface area contributed by atoms with E-state index in [0.29, 0.717) is 5.92 Å². The van der Waals surface area contributed by atoms with Crippen molar-refractivity contribution in [2.24, 2.45) is 5.92 Å². The first-order valence-electron chi connectivity index (χ1n) is 3.90. The molecule has 1 N–H and O–H groups in total. The molecule has 0 amide bonds. The van der Waals surface area contributed by atoms with Crippen molar-refractivity contribution in [2.75, 3.05) is 13.1 Å². The number of rotatable bonds is 3. The summed E-state index contributed by atoms with van der Waals surface area (Å²) in [5, 5.41) is 4.27. The van der Waals surface area contributed by atoms with Crippen LogP contribution < -0.4 is 5.32 Å². The lowest BCUT2D eigenvalue weighted by Gasteiger charge is -2.01. The van der Waals surface area contributed by atoms with E-state index in [9.17, 15) is 8.42 Å². The van der Waals surface area contributed by atoms with Crippen LogP contribution in [0, 0.1) is 5.92 Å². The third kappa shape index (κ3) is 4.09. The molecule has 12 heavy (non-hydrogen) atoms. The minimum atomic E-state index is -3.44. The summed E-state index contributed by atoms with van der Waals surface area (Å²) in [6, 6.07) is 0. The molecule has 0 aromatic heterocycles. The lowest BCUT2D eigenvalue weighted by molar-refractivity contribution is 0.592. The first-order valence-corrected chi connectivity index (χ1v) is 6.27. The maximum absolute atomic E-state index is 10.5. The predicted octanol–water partition coefficient (Wildman–Crippen LogP) is 1.07. The van der Waals surface area contributed by atoms with Gasteiger partial charge in [0.25, 0.3) is 9.05 Å². The monoisotopic (exact) mass is 209 g/mol. The third-order valence-electron chi connectivity index (χ3n) is 1.89. The molecule has 1 aliphatic rings. The van der Waals surface area contributed by atoms with Gasteiger partial charge in [-0.05, 0) is 31.8 Å².